The molecule has 1 aromatic rings. The minimum absolute atomic E-state index is 0.0331. The normalized spacial score (nSPS) is 19.5. The van der Waals surface area contributed by atoms with Gasteiger partial charge in [-0.15, -0.1) is 0 Å². The molecule has 3 rings (SSSR count). The van der Waals surface area contributed by atoms with Crippen LogP contribution in [0.5, 0.6) is 0 Å². The lowest BCUT2D eigenvalue weighted by Crippen LogP contribution is -2.44. The summed E-state index contributed by atoms with van der Waals surface area (Å²) in [5.41, 5.74) is 2.08. The number of benzene rings is 1. The fourth-order valence-electron chi connectivity index (χ4n) is 4.37. The summed E-state index contributed by atoms with van der Waals surface area (Å²) in [5.74, 6) is 1.22. The van der Waals surface area contributed by atoms with E-state index in [4.69, 9.17) is 4.99 Å². The van der Waals surface area contributed by atoms with Crippen LogP contribution in [0.4, 0.5) is 5.69 Å². The molecule has 0 aliphatic carbocycles. The molecule has 2 heterocycles. The third-order valence-corrected chi connectivity index (χ3v) is 6.09. The minimum atomic E-state index is 0.0331. The van der Waals surface area contributed by atoms with Crippen LogP contribution in [0.3, 0.4) is 0 Å². The number of likely N-dealkylation sites (tertiary alicyclic amines) is 1. The van der Waals surface area contributed by atoms with Crippen LogP contribution in [-0.4, -0.2) is 80.4 Å². The molecule has 176 valence electrons. The molecule has 0 radical (unpaired) electrons. The maximum Gasteiger partial charge on any atom is 0.239 e. The Bertz CT molecular complexity index is 792. The quantitative estimate of drug-likeness (QED) is 0.346. The monoisotopic (exact) mass is 442 g/mol. The molecule has 1 aromatic carbocycles. The molecule has 8 nitrogen and oxygen atoms in total. The molecule has 0 bridgehead atoms. The summed E-state index contributed by atoms with van der Waals surface area (Å²) in [7, 11) is 3.66. The molecule has 2 aliphatic heterocycles. The summed E-state index contributed by atoms with van der Waals surface area (Å²) in [6.45, 7) is 6.96. The van der Waals surface area contributed by atoms with E-state index in [2.05, 4.69) is 22.5 Å². The summed E-state index contributed by atoms with van der Waals surface area (Å²) in [5, 5.41) is 6.70. The molecular weight excluding hydrogens is 404 g/mol. The Hall–Kier alpha value is -2.61. The number of carbonyl (C=O) groups is 2. The van der Waals surface area contributed by atoms with Crippen LogP contribution in [-0.2, 0) is 16.1 Å². The van der Waals surface area contributed by atoms with Gasteiger partial charge in [0, 0.05) is 52.4 Å². The van der Waals surface area contributed by atoms with Crippen LogP contribution in [0, 0.1) is 0 Å². The van der Waals surface area contributed by atoms with E-state index in [1.54, 1.807) is 4.90 Å². The Morgan fingerprint density at radius 1 is 1.16 bits per heavy atom. The maximum absolute atomic E-state index is 12.3. The van der Waals surface area contributed by atoms with Gasteiger partial charge in [0.2, 0.25) is 11.8 Å². The van der Waals surface area contributed by atoms with Crippen molar-refractivity contribution in [2.45, 2.75) is 51.6 Å². The van der Waals surface area contributed by atoms with Gasteiger partial charge in [-0.05, 0) is 56.8 Å². The zero-order valence-electron chi connectivity index (χ0n) is 19.8. The van der Waals surface area contributed by atoms with Gasteiger partial charge < -0.3 is 20.4 Å². The number of aliphatic imine (C=N–C) groups is 1. The second-order valence-corrected chi connectivity index (χ2v) is 8.72. The number of anilines is 1. The predicted octanol–water partition coefficient (Wildman–Crippen LogP) is 1.81. The second-order valence-electron chi connectivity index (χ2n) is 8.72. The number of nitrogens with one attached hydrogen (secondary N) is 2. The molecule has 2 fully saturated rings. The van der Waals surface area contributed by atoms with Crippen molar-refractivity contribution >= 4 is 23.5 Å². The number of guanidine groups is 1. The van der Waals surface area contributed by atoms with Crippen molar-refractivity contribution in [1.82, 2.24) is 20.4 Å². The smallest absolute Gasteiger partial charge is 0.239 e. The minimum Gasteiger partial charge on any atom is -0.357 e. The van der Waals surface area contributed by atoms with Crippen molar-refractivity contribution in [3.8, 4) is 0 Å². The summed E-state index contributed by atoms with van der Waals surface area (Å²) in [6, 6.07) is 8.14. The molecule has 2 saturated heterocycles. The van der Waals surface area contributed by atoms with Crippen molar-refractivity contribution in [3.05, 3.63) is 29.8 Å². The first kappa shape index (κ1) is 24.0. The van der Waals surface area contributed by atoms with Crippen molar-refractivity contribution in [2.24, 2.45) is 4.99 Å². The van der Waals surface area contributed by atoms with Crippen LogP contribution < -0.4 is 15.5 Å². The Morgan fingerprint density at radius 3 is 2.59 bits per heavy atom. The fraction of sp³-hybridized carbons (Fsp3) is 0.625. The number of likely N-dealkylation sites (N-methyl/N-ethyl adjacent to an activating group) is 1. The Morgan fingerprint density at radius 2 is 1.94 bits per heavy atom. The standard InChI is InChI=1S/C24H38N6O2/c1-4-25-24(26-14-7-16-29-15-5-8-21(29)23(32)28(2)3)27-18-19-10-12-20(13-11-19)30-17-6-9-22(30)31/h10-13,21H,4-9,14-18H2,1-3H3,(H2,25,26,27). The highest BCUT2D eigenvalue weighted by molar-refractivity contribution is 5.95. The number of nitrogens with zero attached hydrogens (tertiary/aromatic N) is 4. The Labute approximate surface area is 192 Å². The van der Waals surface area contributed by atoms with E-state index in [9.17, 15) is 9.59 Å². The van der Waals surface area contributed by atoms with Gasteiger partial charge >= 0.3 is 0 Å². The summed E-state index contributed by atoms with van der Waals surface area (Å²) < 4.78 is 0. The number of hydrogen-bond acceptors (Lipinski definition) is 4. The van der Waals surface area contributed by atoms with E-state index < -0.39 is 0 Å². The van der Waals surface area contributed by atoms with Crippen LogP contribution in [0.25, 0.3) is 0 Å². The average molecular weight is 443 g/mol. The molecule has 0 spiro atoms. The largest absolute Gasteiger partial charge is 0.357 e. The number of rotatable bonds is 9. The highest BCUT2D eigenvalue weighted by atomic mass is 16.2. The molecule has 2 amide bonds. The zero-order valence-corrected chi connectivity index (χ0v) is 19.8. The molecule has 2 N–H and O–H groups in total. The third-order valence-electron chi connectivity index (χ3n) is 6.09. The zero-order chi connectivity index (χ0) is 22.9. The maximum atomic E-state index is 12.3. The first-order valence-corrected chi connectivity index (χ1v) is 11.9. The lowest BCUT2D eigenvalue weighted by atomic mass is 10.2. The second kappa shape index (κ2) is 11.9. The lowest BCUT2D eigenvalue weighted by Gasteiger charge is -2.26. The van der Waals surface area contributed by atoms with Gasteiger partial charge in [-0.3, -0.25) is 14.5 Å². The Kier molecular flexibility index (Phi) is 8.90. The van der Waals surface area contributed by atoms with E-state index in [1.165, 1.54) is 0 Å². The van der Waals surface area contributed by atoms with Gasteiger partial charge in [0.05, 0.1) is 12.6 Å². The first-order chi connectivity index (χ1) is 15.5. The molecule has 2 aliphatic rings. The van der Waals surface area contributed by atoms with E-state index in [0.29, 0.717) is 13.0 Å². The summed E-state index contributed by atoms with van der Waals surface area (Å²) in [4.78, 5) is 34.8. The van der Waals surface area contributed by atoms with Crippen molar-refractivity contribution < 1.29 is 9.59 Å². The molecule has 8 heteroatoms. The molecule has 32 heavy (non-hydrogen) atoms. The summed E-state index contributed by atoms with van der Waals surface area (Å²) >= 11 is 0. The van der Waals surface area contributed by atoms with Gasteiger partial charge in [0.15, 0.2) is 5.96 Å². The predicted molar refractivity (Wildman–Crippen MR) is 129 cm³/mol. The SMILES string of the molecule is CCNC(=NCc1ccc(N2CCCC2=O)cc1)NCCCN1CCCC1C(=O)N(C)C. The number of amides is 2. The van der Waals surface area contributed by atoms with Crippen LogP contribution in [0.15, 0.2) is 29.3 Å². The van der Waals surface area contributed by atoms with Crippen LogP contribution >= 0.6 is 0 Å². The first-order valence-electron chi connectivity index (χ1n) is 11.9. The number of hydrogen-bond donors (Lipinski definition) is 2. The van der Waals surface area contributed by atoms with E-state index in [1.807, 2.05) is 43.3 Å². The van der Waals surface area contributed by atoms with E-state index >= 15 is 0 Å². The van der Waals surface area contributed by atoms with E-state index in [-0.39, 0.29) is 17.9 Å². The molecule has 1 atom stereocenters. The van der Waals surface area contributed by atoms with Gasteiger partial charge in [-0.2, -0.15) is 0 Å². The van der Waals surface area contributed by atoms with Gasteiger partial charge in [-0.25, -0.2) is 4.99 Å². The van der Waals surface area contributed by atoms with Crippen molar-refractivity contribution in [1.29, 1.82) is 0 Å². The Balaban J connectivity index is 1.45. The third kappa shape index (κ3) is 6.45. The van der Waals surface area contributed by atoms with Crippen LogP contribution in [0.2, 0.25) is 0 Å². The molecule has 0 saturated carbocycles. The highest BCUT2D eigenvalue weighted by Crippen LogP contribution is 2.22. The molecule has 1 unspecified atom stereocenters. The highest BCUT2D eigenvalue weighted by Gasteiger charge is 2.31. The topological polar surface area (TPSA) is 80.3 Å². The summed E-state index contributed by atoms with van der Waals surface area (Å²) in [6.07, 6.45) is 4.59. The molecular formula is C24H38N6O2. The van der Waals surface area contributed by atoms with Crippen LogP contribution in [0.1, 0.15) is 44.6 Å². The fourth-order valence-corrected chi connectivity index (χ4v) is 4.37. The van der Waals surface area contributed by atoms with Gasteiger partial charge in [0.1, 0.15) is 0 Å². The lowest BCUT2D eigenvalue weighted by molar-refractivity contribution is -0.133. The van der Waals surface area contributed by atoms with Gasteiger partial charge in [-0.1, -0.05) is 12.1 Å². The molecule has 0 aromatic heterocycles. The van der Waals surface area contributed by atoms with Crippen molar-refractivity contribution in [3.63, 3.8) is 0 Å². The number of carbonyl (C=O) groups excluding carboxylic acids is 2. The van der Waals surface area contributed by atoms with E-state index in [0.717, 1.165) is 75.6 Å². The average Bonchev–Trinajstić information content (AvgIpc) is 3.43. The van der Waals surface area contributed by atoms with Crippen molar-refractivity contribution in [2.75, 3.05) is 51.7 Å². The van der Waals surface area contributed by atoms with Gasteiger partial charge in [0.25, 0.3) is 0 Å².